The van der Waals surface area contributed by atoms with Crippen molar-refractivity contribution >= 4 is 28.8 Å². The van der Waals surface area contributed by atoms with Gasteiger partial charge in [0.1, 0.15) is 11.4 Å². The Kier molecular flexibility index (Phi) is 5.59. The van der Waals surface area contributed by atoms with E-state index in [-0.39, 0.29) is 28.4 Å². The van der Waals surface area contributed by atoms with Gasteiger partial charge in [0.2, 0.25) is 0 Å². The Morgan fingerprint density at radius 3 is 2.32 bits per heavy atom. The number of hydrogen-bond donors (Lipinski definition) is 2. The largest absolute Gasteiger partial charge is 0.433 e. The maximum absolute atomic E-state index is 13.4. The van der Waals surface area contributed by atoms with Gasteiger partial charge in [-0.2, -0.15) is 28.5 Å². The van der Waals surface area contributed by atoms with Gasteiger partial charge in [-0.25, -0.2) is 9.50 Å². The summed E-state index contributed by atoms with van der Waals surface area (Å²) < 4.78 is 43.7. The molecule has 2 amide bonds. The van der Waals surface area contributed by atoms with Gasteiger partial charge in [-0.05, 0) is 26.8 Å². The van der Waals surface area contributed by atoms with Gasteiger partial charge in [-0.1, -0.05) is 0 Å². The first-order valence-corrected chi connectivity index (χ1v) is 10.1. The molecule has 4 aromatic heterocycles. The molecule has 178 valence electrons. The molecule has 0 saturated carbocycles. The molecule has 34 heavy (non-hydrogen) atoms. The van der Waals surface area contributed by atoms with Crippen molar-refractivity contribution < 1.29 is 22.8 Å². The maximum atomic E-state index is 13.4. The van der Waals surface area contributed by atoms with E-state index in [1.54, 1.807) is 25.6 Å². The van der Waals surface area contributed by atoms with Crippen LogP contribution in [0.3, 0.4) is 0 Å². The van der Waals surface area contributed by atoms with Crippen molar-refractivity contribution in [2.75, 3.05) is 10.6 Å². The number of nitrogens with zero attached hydrogens (tertiary/aromatic N) is 7. The molecule has 0 spiro atoms. The molecule has 0 bridgehead atoms. The molecule has 2 N–H and O–H groups in total. The Balaban J connectivity index is 1.65. The van der Waals surface area contributed by atoms with Gasteiger partial charge in [0.25, 0.3) is 11.8 Å². The molecule has 14 heteroatoms. The first kappa shape index (κ1) is 22.9. The Bertz CT molecular complexity index is 1410. The van der Waals surface area contributed by atoms with Gasteiger partial charge < -0.3 is 10.6 Å². The molecule has 0 aliphatic rings. The molecule has 0 radical (unpaired) electrons. The molecule has 0 atom stereocenters. The van der Waals surface area contributed by atoms with Crippen molar-refractivity contribution in [3.63, 3.8) is 0 Å². The smallest absolute Gasteiger partial charge is 0.318 e. The molecule has 0 unspecified atom stereocenters. The Morgan fingerprint density at radius 2 is 1.71 bits per heavy atom. The number of fused-ring (bicyclic) bond motifs is 1. The number of aryl methyl sites for hydroxylation is 3. The van der Waals surface area contributed by atoms with Gasteiger partial charge in [0.05, 0.1) is 29.5 Å². The average molecular weight is 475 g/mol. The van der Waals surface area contributed by atoms with Crippen LogP contribution in [0.25, 0.3) is 5.65 Å². The fourth-order valence-corrected chi connectivity index (χ4v) is 3.36. The molecular formula is C20H20F3N9O2. The van der Waals surface area contributed by atoms with Crippen molar-refractivity contribution in [2.24, 2.45) is 7.05 Å². The fourth-order valence-electron chi connectivity index (χ4n) is 3.36. The average Bonchev–Trinajstić information content (AvgIpc) is 3.45. The molecule has 4 heterocycles. The number of aromatic nitrogens is 7. The van der Waals surface area contributed by atoms with E-state index in [0.29, 0.717) is 16.7 Å². The number of amides is 2. The fraction of sp³-hybridized carbons (Fsp3) is 0.300. The lowest BCUT2D eigenvalue weighted by molar-refractivity contribution is -0.142. The predicted octanol–water partition coefficient (Wildman–Crippen LogP) is 2.82. The molecule has 11 nitrogen and oxygen atoms in total. The summed E-state index contributed by atoms with van der Waals surface area (Å²) in [7, 11) is 1.72. The van der Waals surface area contributed by atoms with Crippen LogP contribution in [0, 0.1) is 13.8 Å². The van der Waals surface area contributed by atoms with E-state index in [4.69, 9.17) is 0 Å². The zero-order valence-electron chi connectivity index (χ0n) is 18.6. The summed E-state index contributed by atoms with van der Waals surface area (Å²) in [5.74, 6) is -1.36. The predicted molar refractivity (Wildman–Crippen MR) is 114 cm³/mol. The van der Waals surface area contributed by atoms with Crippen molar-refractivity contribution in [3.05, 3.63) is 53.0 Å². The molecule has 0 saturated heterocycles. The molecule has 0 aliphatic carbocycles. The minimum atomic E-state index is -4.69. The number of alkyl halides is 3. The van der Waals surface area contributed by atoms with E-state index in [9.17, 15) is 22.8 Å². The highest BCUT2D eigenvalue weighted by Crippen LogP contribution is 2.30. The SMILES string of the molecule is CCn1ncc(NC(=O)c2cc3nc(C)cc(C(F)(F)F)n3n2)c1C(=O)Nc1cnn(C)c1C. The van der Waals surface area contributed by atoms with E-state index in [1.165, 1.54) is 24.0 Å². The first-order valence-electron chi connectivity index (χ1n) is 10.1. The zero-order chi connectivity index (χ0) is 24.8. The molecule has 0 aromatic carbocycles. The van der Waals surface area contributed by atoms with Crippen LogP contribution in [0.15, 0.2) is 24.5 Å². The van der Waals surface area contributed by atoms with Gasteiger partial charge in [-0.3, -0.25) is 19.0 Å². The second-order valence-corrected chi connectivity index (χ2v) is 7.48. The van der Waals surface area contributed by atoms with E-state index < -0.39 is 23.7 Å². The van der Waals surface area contributed by atoms with Crippen molar-refractivity contribution in [2.45, 2.75) is 33.5 Å². The number of hydrogen-bond acceptors (Lipinski definition) is 6. The summed E-state index contributed by atoms with van der Waals surface area (Å²) in [6.45, 7) is 5.28. The molecule has 0 aliphatic heterocycles. The summed E-state index contributed by atoms with van der Waals surface area (Å²) in [6.07, 6.45) is -1.92. The number of anilines is 2. The van der Waals surface area contributed by atoms with Crippen LogP contribution in [0.2, 0.25) is 0 Å². The van der Waals surface area contributed by atoms with Gasteiger partial charge >= 0.3 is 6.18 Å². The minimum absolute atomic E-state index is 0.0628. The highest BCUT2D eigenvalue weighted by atomic mass is 19.4. The number of halogens is 3. The highest BCUT2D eigenvalue weighted by Gasteiger charge is 2.35. The summed E-state index contributed by atoms with van der Waals surface area (Å²) in [4.78, 5) is 29.8. The van der Waals surface area contributed by atoms with Crippen LogP contribution in [-0.2, 0) is 19.8 Å². The van der Waals surface area contributed by atoms with Crippen molar-refractivity contribution in [1.29, 1.82) is 0 Å². The van der Waals surface area contributed by atoms with Crippen molar-refractivity contribution in [1.82, 2.24) is 34.2 Å². The van der Waals surface area contributed by atoms with Crippen molar-refractivity contribution in [3.8, 4) is 0 Å². The third kappa shape index (κ3) is 4.09. The quantitative estimate of drug-likeness (QED) is 0.458. The Morgan fingerprint density at radius 1 is 1.03 bits per heavy atom. The zero-order valence-corrected chi connectivity index (χ0v) is 18.6. The summed E-state index contributed by atoms with van der Waals surface area (Å²) in [5.41, 5.74) is -0.0325. The van der Waals surface area contributed by atoms with Crippen LogP contribution in [-0.4, -0.2) is 46.0 Å². The van der Waals surface area contributed by atoms with Crippen LogP contribution in [0.5, 0.6) is 0 Å². The second-order valence-electron chi connectivity index (χ2n) is 7.48. The summed E-state index contributed by atoms with van der Waals surface area (Å²) >= 11 is 0. The third-order valence-electron chi connectivity index (χ3n) is 5.16. The van der Waals surface area contributed by atoms with E-state index in [1.807, 2.05) is 0 Å². The lowest BCUT2D eigenvalue weighted by Gasteiger charge is -2.09. The molecule has 4 rings (SSSR count). The number of rotatable bonds is 5. The second kappa shape index (κ2) is 8.28. The summed E-state index contributed by atoms with van der Waals surface area (Å²) in [6, 6.07) is 1.98. The Labute approximate surface area is 190 Å². The lowest BCUT2D eigenvalue weighted by atomic mass is 10.3. The summed E-state index contributed by atoms with van der Waals surface area (Å²) in [5, 5.41) is 17.2. The maximum Gasteiger partial charge on any atom is 0.433 e. The topological polar surface area (TPSA) is 124 Å². The van der Waals surface area contributed by atoms with Crippen LogP contribution < -0.4 is 10.6 Å². The monoisotopic (exact) mass is 475 g/mol. The number of carbonyl (C=O) groups is 2. The van der Waals surface area contributed by atoms with Gasteiger partial charge in [-0.15, -0.1) is 0 Å². The Hall–Kier alpha value is -4.23. The standard InChI is InChI=1S/C20H20F3N9O2/c1-5-31-17(19(34)27-13-8-24-30(4)11(13)3)14(9-25-31)28-18(33)12-7-16-26-10(2)6-15(20(21,22)23)32(16)29-12/h6-9H,5H2,1-4H3,(H,27,34)(H,28,33). The highest BCUT2D eigenvalue weighted by molar-refractivity contribution is 6.11. The van der Waals surface area contributed by atoms with Gasteiger partial charge in [0.15, 0.2) is 11.3 Å². The first-order chi connectivity index (χ1) is 16.0. The third-order valence-corrected chi connectivity index (χ3v) is 5.16. The van der Waals surface area contributed by atoms with E-state index >= 15 is 0 Å². The molecular weight excluding hydrogens is 455 g/mol. The van der Waals surface area contributed by atoms with E-state index in [0.717, 1.165) is 17.8 Å². The van der Waals surface area contributed by atoms with Gasteiger partial charge in [0, 0.05) is 25.4 Å². The number of carbonyl (C=O) groups excluding carboxylic acids is 2. The minimum Gasteiger partial charge on any atom is -0.318 e. The van der Waals surface area contributed by atoms with Crippen LogP contribution >= 0.6 is 0 Å². The normalized spacial score (nSPS) is 11.7. The molecule has 4 aromatic rings. The lowest BCUT2D eigenvalue weighted by Crippen LogP contribution is -2.21. The number of nitrogens with one attached hydrogen (secondary N) is 2. The van der Waals surface area contributed by atoms with Crippen LogP contribution in [0.4, 0.5) is 24.5 Å². The molecule has 0 fully saturated rings. The van der Waals surface area contributed by atoms with E-state index in [2.05, 4.69) is 30.9 Å². The van der Waals surface area contributed by atoms with Crippen LogP contribution in [0.1, 0.15) is 45.0 Å².